The van der Waals surface area contributed by atoms with Gasteiger partial charge in [0.1, 0.15) is 5.82 Å². The summed E-state index contributed by atoms with van der Waals surface area (Å²) in [7, 11) is 0. The van der Waals surface area contributed by atoms with Crippen molar-refractivity contribution in [3.63, 3.8) is 0 Å². The predicted octanol–water partition coefficient (Wildman–Crippen LogP) is 3.37. The summed E-state index contributed by atoms with van der Waals surface area (Å²) in [5.41, 5.74) is 2.99. The number of aromatic amines is 1. The van der Waals surface area contributed by atoms with Crippen LogP contribution in [0.5, 0.6) is 0 Å². The molecule has 1 aliphatic rings. The second-order valence-corrected chi connectivity index (χ2v) is 5.31. The van der Waals surface area contributed by atoms with E-state index in [4.69, 9.17) is 11.6 Å². The van der Waals surface area contributed by atoms with Crippen LogP contribution in [0.2, 0.25) is 5.02 Å². The van der Waals surface area contributed by atoms with E-state index in [-0.39, 0.29) is 11.9 Å². The van der Waals surface area contributed by atoms with Crippen LogP contribution in [0.3, 0.4) is 0 Å². The highest BCUT2D eigenvalue weighted by molar-refractivity contribution is 6.30. The van der Waals surface area contributed by atoms with E-state index in [0.717, 1.165) is 25.0 Å². The van der Waals surface area contributed by atoms with Gasteiger partial charge < -0.3 is 5.32 Å². The first kappa shape index (κ1) is 12.6. The first-order valence-corrected chi connectivity index (χ1v) is 6.81. The molecule has 1 aromatic carbocycles. The summed E-state index contributed by atoms with van der Waals surface area (Å²) in [5, 5.41) is 11.1. The first-order chi connectivity index (χ1) is 9.24. The third kappa shape index (κ3) is 2.65. The number of hydrogen-bond donors (Lipinski definition) is 2. The lowest BCUT2D eigenvalue weighted by molar-refractivity contribution is 0.444. The molecule has 0 spiro atoms. The number of H-pyrrole nitrogens is 1. The summed E-state index contributed by atoms with van der Waals surface area (Å²) in [5.74, 6) is -0.224. The van der Waals surface area contributed by atoms with E-state index in [9.17, 15) is 4.39 Å². The predicted molar refractivity (Wildman–Crippen MR) is 72.5 cm³/mol. The molecule has 2 aromatic rings. The van der Waals surface area contributed by atoms with Crippen molar-refractivity contribution in [3.05, 3.63) is 52.1 Å². The monoisotopic (exact) mass is 279 g/mol. The molecule has 3 nitrogen and oxygen atoms in total. The third-order valence-corrected chi connectivity index (χ3v) is 3.82. The molecule has 0 saturated heterocycles. The second kappa shape index (κ2) is 5.31. The highest BCUT2D eigenvalue weighted by Crippen LogP contribution is 2.28. The molecule has 0 radical (unpaired) electrons. The second-order valence-electron chi connectivity index (χ2n) is 4.87. The molecule has 100 valence electrons. The zero-order valence-corrected chi connectivity index (χ0v) is 11.2. The van der Waals surface area contributed by atoms with E-state index >= 15 is 0 Å². The van der Waals surface area contributed by atoms with Gasteiger partial charge in [-0.15, -0.1) is 0 Å². The Kier molecular flexibility index (Phi) is 3.53. The van der Waals surface area contributed by atoms with Crippen LogP contribution in [0.1, 0.15) is 35.7 Å². The Balaban J connectivity index is 1.72. The van der Waals surface area contributed by atoms with Gasteiger partial charge in [-0.05, 0) is 43.0 Å². The number of rotatable bonds is 3. The van der Waals surface area contributed by atoms with Gasteiger partial charge in [0.2, 0.25) is 0 Å². The van der Waals surface area contributed by atoms with Crippen molar-refractivity contribution >= 4 is 11.6 Å². The Morgan fingerprint density at radius 1 is 1.47 bits per heavy atom. The van der Waals surface area contributed by atoms with Crippen LogP contribution in [0.15, 0.2) is 24.4 Å². The third-order valence-electron chi connectivity index (χ3n) is 3.59. The Morgan fingerprint density at radius 3 is 3.26 bits per heavy atom. The van der Waals surface area contributed by atoms with E-state index in [1.54, 1.807) is 12.1 Å². The molecule has 1 atom stereocenters. The topological polar surface area (TPSA) is 40.7 Å². The van der Waals surface area contributed by atoms with Crippen LogP contribution in [-0.4, -0.2) is 10.2 Å². The number of halogens is 2. The van der Waals surface area contributed by atoms with Gasteiger partial charge >= 0.3 is 0 Å². The zero-order chi connectivity index (χ0) is 13.2. The average molecular weight is 280 g/mol. The maximum Gasteiger partial charge on any atom is 0.127 e. The van der Waals surface area contributed by atoms with Crippen LogP contribution < -0.4 is 5.32 Å². The smallest absolute Gasteiger partial charge is 0.127 e. The molecule has 0 aliphatic heterocycles. The molecule has 2 N–H and O–H groups in total. The molecule has 3 rings (SSSR count). The molecule has 1 aromatic heterocycles. The molecule has 0 fully saturated rings. The van der Waals surface area contributed by atoms with E-state index in [2.05, 4.69) is 15.5 Å². The Bertz CT molecular complexity index is 582. The van der Waals surface area contributed by atoms with Crippen molar-refractivity contribution in [2.24, 2.45) is 0 Å². The first-order valence-electron chi connectivity index (χ1n) is 6.43. The fourth-order valence-electron chi connectivity index (χ4n) is 2.58. The number of aromatic nitrogens is 2. The van der Waals surface area contributed by atoms with Gasteiger partial charge in [-0.1, -0.05) is 11.6 Å². The normalized spacial score (nSPS) is 18.3. The van der Waals surface area contributed by atoms with Gasteiger partial charge in [0.05, 0.1) is 11.9 Å². The molecular weight excluding hydrogens is 265 g/mol. The number of aryl methyl sites for hydroxylation is 1. The van der Waals surface area contributed by atoms with Crippen LogP contribution in [0.4, 0.5) is 4.39 Å². The number of hydrogen-bond acceptors (Lipinski definition) is 2. The van der Waals surface area contributed by atoms with E-state index in [1.165, 1.54) is 11.6 Å². The fourth-order valence-corrected chi connectivity index (χ4v) is 2.77. The minimum absolute atomic E-state index is 0.213. The standard InChI is InChI=1S/C14H15ClFN3/c15-11-4-5-12(16)10(6-11)7-17-13-3-1-2-9-8-18-19-14(9)13/h4-6,8,13,17H,1-3,7H2,(H,18,19). The van der Waals surface area contributed by atoms with Gasteiger partial charge in [0, 0.05) is 23.2 Å². The highest BCUT2D eigenvalue weighted by Gasteiger charge is 2.21. The van der Waals surface area contributed by atoms with Crippen molar-refractivity contribution in [2.75, 3.05) is 0 Å². The van der Waals surface area contributed by atoms with Crippen molar-refractivity contribution in [3.8, 4) is 0 Å². The van der Waals surface area contributed by atoms with Gasteiger partial charge in [-0.3, -0.25) is 5.10 Å². The lowest BCUT2D eigenvalue weighted by Gasteiger charge is -2.23. The average Bonchev–Trinajstić information content (AvgIpc) is 2.88. The number of fused-ring (bicyclic) bond motifs is 1. The molecule has 1 unspecified atom stereocenters. The molecule has 0 bridgehead atoms. The fraction of sp³-hybridized carbons (Fsp3) is 0.357. The molecule has 0 amide bonds. The molecule has 5 heteroatoms. The van der Waals surface area contributed by atoms with Crippen molar-refractivity contribution < 1.29 is 4.39 Å². The maximum absolute atomic E-state index is 13.6. The van der Waals surface area contributed by atoms with Crippen LogP contribution in [0, 0.1) is 5.82 Å². The van der Waals surface area contributed by atoms with Crippen LogP contribution >= 0.6 is 11.6 Å². The number of nitrogens with zero attached hydrogens (tertiary/aromatic N) is 1. The molecule has 1 aliphatic carbocycles. The minimum Gasteiger partial charge on any atom is -0.304 e. The Morgan fingerprint density at radius 2 is 2.37 bits per heavy atom. The maximum atomic E-state index is 13.6. The van der Waals surface area contributed by atoms with E-state index in [0.29, 0.717) is 17.1 Å². The SMILES string of the molecule is Fc1ccc(Cl)cc1CNC1CCCc2cn[nH]c21. The molecule has 1 heterocycles. The van der Waals surface area contributed by atoms with Gasteiger partial charge in [0.15, 0.2) is 0 Å². The number of benzene rings is 1. The highest BCUT2D eigenvalue weighted by atomic mass is 35.5. The summed E-state index contributed by atoms with van der Waals surface area (Å²) in [6.07, 6.45) is 5.11. The largest absolute Gasteiger partial charge is 0.304 e. The van der Waals surface area contributed by atoms with Crippen LogP contribution in [-0.2, 0) is 13.0 Å². The van der Waals surface area contributed by atoms with Crippen molar-refractivity contribution in [1.82, 2.24) is 15.5 Å². The zero-order valence-electron chi connectivity index (χ0n) is 10.4. The molecule has 19 heavy (non-hydrogen) atoms. The van der Waals surface area contributed by atoms with E-state index in [1.807, 2.05) is 6.20 Å². The van der Waals surface area contributed by atoms with Gasteiger partial charge in [-0.2, -0.15) is 5.10 Å². The summed E-state index contributed by atoms with van der Waals surface area (Å²) < 4.78 is 13.6. The van der Waals surface area contributed by atoms with Crippen LogP contribution in [0.25, 0.3) is 0 Å². The van der Waals surface area contributed by atoms with Crippen molar-refractivity contribution in [2.45, 2.75) is 31.8 Å². The lowest BCUT2D eigenvalue weighted by atomic mass is 9.93. The van der Waals surface area contributed by atoms with Crippen molar-refractivity contribution in [1.29, 1.82) is 0 Å². The summed E-state index contributed by atoms with van der Waals surface area (Å²) in [6, 6.07) is 4.85. The summed E-state index contributed by atoms with van der Waals surface area (Å²) in [4.78, 5) is 0. The Hall–Kier alpha value is -1.39. The Labute approximate surface area is 116 Å². The molecule has 0 saturated carbocycles. The van der Waals surface area contributed by atoms with Gasteiger partial charge in [-0.25, -0.2) is 4.39 Å². The number of nitrogens with one attached hydrogen (secondary N) is 2. The molecular formula is C14H15ClFN3. The minimum atomic E-state index is -0.224. The quantitative estimate of drug-likeness (QED) is 0.904. The van der Waals surface area contributed by atoms with E-state index < -0.39 is 0 Å². The lowest BCUT2D eigenvalue weighted by Crippen LogP contribution is -2.25. The summed E-state index contributed by atoms with van der Waals surface area (Å²) in [6.45, 7) is 0.468. The van der Waals surface area contributed by atoms with Gasteiger partial charge in [0.25, 0.3) is 0 Å². The summed E-state index contributed by atoms with van der Waals surface area (Å²) >= 11 is 5.89.